The highest BCUT2D eigenvalue weighted by Crippen LogP contribution is 2.30. The highest BCUT2D eigenvalue weighted by Gasteiger charge is 2.13. The van der Waals surface area contributed by atoms with Crippen LogP contribution in [0.2, 0.25) is 0 Å². The summed E-state index contributed by atoms with van der Waals surface area (Å²) in [6.45, 7) is 1.89. The lowest BCUT2D eigenvalue weighted by Crippen LogP contribution is -1.80. The van der Waals surface area contributed by atoms with Crippen molar-refractivity contribution < 1.29 is 9.05 Å². The highest BCUT2D eigenvalue weighted by molar-refractivity contribution is 5.94. The Balaban J connectivity index is 2.34. The standard InChI is InChI=1S/C11H9N3O2/c1-6-11-7(8-5-10(12)16-14-8)3-2-4-9(11)15-13-6/h2-5H,12H2,1H3. The molecule has 2 aromatic heterocycles. The smallest absolute Gasteiger partial charge is 0.222 e. The van der Waals surface area contributed by atoms with E-state index in [1.54, 1.807) is 6.07 Å². The summed E-state index contributed by atoms with van der Waals surface area (Å²) in [7, 11) is 0. The van der Waals surface area contributed by atoms with E-state index in [1.165, 1.54) is 0 Å². The molecule has 0 saturated carbocycles. The molecule has 0 saturated heterocycles. The van der Waals surface area contributed by atoms with E-state index in [9.17, 15) is 0 Å². The molecule has 3 rings (SSSR count). The molecule has 2 N–H and O–H groups in total. The topological polar surface area (TPSA) is 78.1 Å². The molecule has 0 bridgehead atoms. The van der Waals surface area contributed by atoms with Gasteiger partial charge in [0, 0.05) is 11.6 Å². The summed E-state index contributed by atoms with van der Waals surface area (Å²) in [6.07, 6.45) is 0. The van der Waals surface area contributed by atoms with Crippen molar-refractivity contribution in [2.45, 2.75) is 6.92 Å². The van der Waals surface area contributed by atoms with Gasteiger partial charge >= 0.3 is 0 Å². The first-order valence-electron chi connectivity index (χ1n) is 4.83. The van der Waals surface area contributed by atoms with Gasteiger partial charge in [-0.25, -0.2) is 0 Å². The summed E-state index contributed by atoms with van der Waals surface area (Å²) >= 11 is 0. The molecular weight excluding hydrogens is 206 g/mol. The van der Waals surface area contributed by atoms with Crippen molar-refractivity contribution in [1.29, 1.82) is 0 Å². The molecule has 0 atom stereocenters. The van der Waals surface area contributed by atoms with Gasteiger partial charge in [0.1, 0.15) is 5.69 Å². The Labute approximate surface area is 90.8 Å². The first-order chi connectivity index (χ1) is 7.75. The summed E-state index contributed by atoms with van der Waals surface area (Å²) in [5, 5.41) is 8.75. The lowest BCUT2D eigenvalue weighted by atomic mass is 10.1. The number of rotatable bonds is 1. The van der Waals surface area contributed by atoms with E-state index in [0.29, 0.717) is 11.6 Å². The van der Waals surface area contributed by atoms with E-state index in [2.05, 4.69) is 10.3 Å². The summed E-state index contributed by atoms with van der Waals surface area (Å²) in [4.78, 5) is 0. The molecule has 16 heavy (non-hydrogen) atoms. The van der Waals surface area contributed by atoms with E-state index in [-0.39, 0.29) is 0 Å². The van der Waals surface area contributed by atoms with E-state index >= 15 is 0 Å². The molecule has 0 aliphatic heterocycles. The van der Waals surface area contributed by atoms with Gasteiger partial charge in [0.25, 0.3) is 0 Å². The van der Waals surface area contributed by atoms with Crippen LogP contribution in [0.3, 0.4) is 0 Å². The van der Waals surface area contributed by atoms with Crippen molar-refractivity contribution in [3.05, 3.63) is 30.0 Å². The number of nitrogens with zero attached hydrogens (tertiary/aromatic N) is 2. The zero-order chi connectivity index (χ0) is 11.1. The lowest BCUT2D eigenvalue weighted by Gasteiger charge is -1.96. The molecule has 0 amide bonds. The van der Waals surface area contributed by atoms with E-state index in [0.717, 1.165) is 22.2 Å². The molecule has 0 fully saturated rings. The highest BCUT2D eigenvalue weighted by atomic mass is 16.5. The Hall–Kier alpha value is -2.30. The Kier molecular flexibility index (Phi) is 1.73. The SMILES string of the molecule is Cc1noc2cccc(-c3cc(N)on3)c12. The maximum absolute atomic E-state index is 5.51. The van der Waals surface area contributed by atoms with Gasteiger partial charge in [0.05, 0.1) is 11.1 Å². The van der Waals surface area contributed by atoms with Crippen LogP contribution >= 0.6 is 0 Å². The van der Waals surface area contributed by atoms with Crippen LogP contribution in [0.15, 0.2) is 33.3 Å². The average Bonchev–Trinajstić information content (AvgIpc) is 2.86. The predicted molar refractivity (Wildman–Crippen MR) is 58.7 cm³/mol. The number of nitrogens with two attached hydrogens (primary N) is 1. The summed E-state index contributed by atoms with van der Waals surface area (Å²) in [5.41, 5.74) is 8.67. The summed E-state index contributed by atoms with van der Waals surface area (Å²) < 4.78 is 10.0. The Morgan fingerprint density at radius 2 is 2.06 bits per heavy atom. The van der Waals surface area contributed by atoms with Gasteiger partial charge in [-0.05, 0) is 13.0 Å². The molecule has 3 aromatic rings. The van der Waals surface area contributed by atoms with Crippen molar-refractivity contribution in [3.8, 4) is 11.3 Å². The molecule has 0 unspecified atom stereocenters. The maximum Gasteiger partial charge on any atom is 0.222 e. The van der Waals surface area contributed by atoms with Crippen LogP contribution in [0.5, 0.6) is 0 Å². The third-order valence-corrected chi connectivity index (χ3v) is 2.47. The number of benzene rings is 1. The monoisotopic (exact) mass is 215 g/mol. The normalized spacial score (nSPS) is 11.1. The number of aryl methyl sites for hydroxylation is 1. The summed E-state index contributed by atoms with van der Waals surface area (Å²) in [5.74, 6) is 0.293. The van der Waals surface area contributed by atoms with Gasteiger partial charge in [-0.3, -0.25) is 0 Å². The van der Waals surface area contributed by atoms with E-state index in [1.807, 2.05) is 25.1 Å². The van der Waals surface area contributed by atoms with Crippen LogP contribution in [0.4, 0.5) is 5.88 Å². The number of anilines is 1. The zero-order valence-electron chi connectivity index (χ0n) is 8.60. The van der Waals surface area contributed by atoms with Gasteiger partial charge in [0.2, 0.25) is 5.88 Å². The molecule has 2 heterocycles. The largest absolute Gasteiger partial charge is 0.368 e. The third-order valence-electron chi connectivity index (χ3n) is 2.47. The van der Waals surface area contributed by atoms with Crippen LogP contribution in [-0.4, -0.2) is 10.3 Å². The van der Waals surface area contributed by atoms with Gasteiger partial charge in [-0.15, -0.1) is 0 Å². The molecule has 0 aliphatic carbocycles. The predicted octanol–water partition coefficient (Wildman–Crippen LogP) is 2.37. The number of nitrogen functional groups attached to an aromatic ring is 1. The van der Waals surface area contributed by atoms with Crippen molar-refractivity contribution >= 4 is 16.9 Å². The first kappa shape index (κ1) is 8.96. The van der Waals surface area contributed by atoms with Gasteiger partial charge < -0.3 is 14.8 Å². The molecule has 5 heteroatoms. The van der Waals surface area contributed by atoms with Crippen LogP contribution in [-0.2, 0) is 0 Å². The second kappa shape index (κ2) is 3.10. The number of hydrogen-bond donors (Lipinski definition) is 1. The average molecular weight is 215 g/mol. The molecule has 1 aromatic carbocycles. The quantitative estimate of drug-likeness (QED) is 0.674. The molecule has 0 radical (unpaired) electrons. The minimum atomic E-state index is 0.293. The van der Waals surface area contributed by atoms with Crippen LogP contribution < -0.4 is 5.73 Å². The van der Waals surface area contributed by atoms with Crippen LogP contribution in [0.25, 0.3) is 22.2 Å². The molecular formula is C11H9N3O2. The minimum absolute atomic E-state index is 0.293. The van der Waals surface area contributed by atoms with E-state index in [4.69, 9.17) is 14.8 Å². The Morgan fingerprint density at radius 3 is 2.81 bits per heavy atom. The zero-order valence-corrected chi connectivity index (χ0v) is 8.60. The van der Waals surface area contributed by atoms with Gasteiger partial charge in [-0.2, -0.15) is 0 Å². The van der Waals surface area contributed by atoms with Crippen LogP contribution in [0, 0.1) is 6.92 Å². The number of fused-ring (bicyclic) bond motifs is 1. The van der Waals surface area contributed by atoms with Gasteiger partial charge in [-0.1, -0.05) is 22.4 Å². The fraction of sp³-hybridized carbons (Fsp3) is 0.0909. The third kappa shape index (κ3) is 1.18. The van der Waals surface area contributed by atoms with Crippen LogP contribution in [0.1, 0.15) is 5.69 Å². The molecule has 5 nitrogen and oxygen atoms in total. The number of aromatic nitrogens is 2. The van der Waals surface area contributed by atoms with Gasteiger partial charge in [0.15, 0.2) is 5.58 Å². The Morgan fingerprint density at radius 1 is 1.19 bits per heavy atom. The molecule has 0 spiro atoms. The fourth-order valence-corrected chi connectivity index (χ4v) is 1.77. The van der Waals surface area contributed by atoms with Crippen molar-refractivity contribution in [3.63, 3.8) is 0 Å². The van der Waals surface area contributed by atoms with E-state index < -0.39 is 0 Å². The first-order valence-corrected chi connectivity index (χ1v) is 4.83. The number of hydrogen-bond acceptors (Lipinski definition) is 5. The van der Waals surface area contributed by atoms with Crippen molar-refractivity contribution in [1.82, 2.24) is 10.3 Å². The maximum atomic E-state index is 5.51. The second-order valence-corrected chi connectivity index (χ2v) is 3.56. The molecule has 80 valence electrons. The lowest BCUT2D eigenvalue weighted by molar-refractivity contribution is 0.439. The van der Waals surface area contributed by atoms with Crippen molar-refractivity contribution in [2.75, 3.05) is 5.73 Å². The second-order valence-electron chi connectivity index (χ2n) is 3.56. The Bertz CT molecular complexity index is 654. The van der Waals surface area contributed by atoms with Crippen molar-refractivity contribution in [2.24, 2.45) is 0 Å². The fourth-order valence-electron chi connectivity index (χ4n) is 1.77. The molecule has 0 aliphatic rings. The summed E-state index contributed by atoms with van der Waals surface area (Å²) in [6, 6.07) is 7.36. The minimum Gasteiger partial charge on any atom is -0.368 e.